The first-order chi connectivity index (χ1) is 11.7. The van der Waals surface area contributed by atoms with Crippen LogP contribution < -0.4 is 5.32 Å². The second-order valence-electron chi connectivity index (χ2n) is 5.04. The van der Waals surface area contributed by atoms with Crippen molar-refractivity contribution in [2.45, 2.75) is 26.7 Å². The van der Waals surface area contributed by atoms with Gasteiger partial charge < -0.3 is 19.0 Å². The molecule has 0 unspecified atom stereocenters. The summed E-state index contributed by atoms with van der Waals surface area (Å²) in [5, 5.41) is 7.88. The molecule has 0 saturated carbocycles. The first-order valence-electron chi connectivity index (χ1n) is 7.82. The van der Waals surface area contributed by atoms with E-state index in [4.69, 9.17) is 13.7 Å². The molecule has 3 aromatic rings. The topological polar surface area (TPSA) is 103 Å². The molecule has 0 amide bonds. The van der Waals surface area contributed by atoms with Gasteiger partial charge in [-0.3, -0.25) is 0 Å². The lowest BCUT2D eigenvalue weighted by molar-refractivity contribution is 0.0512. The van der Waals surface area contributed by atoms with Crippen LogP contribution in [0.25, 0.3) is 11.1 Å². The van der Waals surface area contributed by atoms with Crippen LogP contribution in [0.4, 0.5) is 5.82 Å². The van der Waals surface area contributed by atoms with Gasteiger partial charge >= 0.3 is 5.97 Å². The molecule has 126 valence electrons. The Balaban J connectivity index is 1.89. The molecule has 8 heteroatoms. The van der Waals surface area contributed by atoms with Crippen molar-refractivity contribution in [1.29, 1.82) is 0 Å². The predicted octanol–water partition coefficient (Wildman–Crippen LogP) is 2.60. The fourth-order valence-electron chi connectivity index (χ4n) is 2.33. The van der Waals surface area contributed by atoms with E-state index < -0.39 is 5.97 Å². The van der Waals surface area contributed by atoms with Gasteiger partial charge in [0.2, 0.25) is 5.82 Å². The number of hydrogen-bond donors (Lipinski definition) is 1. The highest BCUT2D eigenvalue weighted by Crippen LogP contribution is 2.25. The van der Waals surface area contributed by atoms with Gasteiger partial charge in [0.1, 0.15) is 17.0 Å². The standard InChI is InChI=1S/C16H18N4O4/c1-3-11-12-13(17-8-7-10-6-5-9-23-10)18-14(16(21)22-4-2)19-15(12)24-20-11/h5-6,9H,3-4,7-8H2,1-2H3,(H,17,18,19). The van der Waals surface area contributed by atoms with E-state index in [9.17, 15) is 4.79 Å². The van der Waals surface area contributed by atoms with Gasteiger partial charge in [0.05, 0.1) is 18.6 Å². The van der Waals surface area contributed by atoms with Crippen molar-refractivity contribution in [3.8, 4) is 0 Å². The molecule has 1 N–H and O–H groups in total. The maximum Gasteiger partial charge on any atom is 0.376 e. The molecular weight excluding hydrogens is 312 g/mol. The van der Waals surface area contributed by atoms with E-state index in [2.05, 4.69) is 20.4 Å². The minimum absolute atomic E-state index is 0.0522. The van der Waals surface area contributed by atoms with Gasteiger partial charge in [-0.2, -0.15) is 4.98 Å². The van der Waals surface area contributed by atoms with Crippen LogP contribution >= 0.6 is 0 Å². The Bertz CT molecular complexity index is 826. The smallest absolute Gasteiger partial charge is 0.376 e. The first-order valence-corrected chi connectivity index (χ1v) is 7.82. The molecule has 0 fully saturated rings. The number of nitrogens with zero attached hydrogens (tertiary/aromatic N) is 3. The Kier molecular flexibility index (Phi) is 4.74. The number of rotatable bonds is 7. The van der Waals surface area contributed by atoms with Crippen LogP contribution in [-0.2, 0) is 17.6 Å². The number of carbonyl (C=O) groups is 1. The molecular formula is C16H18N4O4. The minimum Gasteiger partial charge on any atom is -0.469 e. The summed E-state index contributed by atoms with van der Waals surface area (Å²) in [6, 6.07) is 3.74. The third kappa shape index (κ3) is 3.22. The van der Waals surface area contributed by atoms with Crippen LogP contribution in [0, 0.1) is 0 Å². The van der Waals surface area contributed by atoms with E-state index in [0.717, 1.165) is 11.5 Å². The quantitative estimate of drug-likeness (QED) is 0.659. The zero-order valence-electron chi connectivity index (χ0n) is 13.5. The van der Waals surface area contributed by atoms with E-state index in [1.165, 1.54) is 0 Å². The van der Waals surface area contributed by atoms with Crippen molar-refractivity contribution in [2.75, 3.05) is 18.5 Å². The number of furan rings is 1. The highest BCUT2D eigenvalue weighted by Gasteiger charge is 2.20. The summed E-state index contributed by atoms with van der Waals surface area (Å²) in [7, 11) is 0. The van der Waals surface area contributed by atoms with Gasteiger partial charge in [-0.15, -0.1) is 0 Å². The molecule has 3 aromatic heterocycles. The van der Waals surface area contributed by atoms with Gasteiger partial charge in [-0.1, -0.05) is 12.1 Å². The molecule has 8 nitrogen and oxygen atoms in total. The molecule has 0 bridgehead atoms. The van der Waals surface area contributed by atoms with E-state index in [-0.39, 0.29) is 18.1 Å². The number of aryl methyl sites for hydroxylation is 1. The second-order valence-corrected chi connectivity index (χ2v) is 5.04. The molecule has 0 aliphatic carbocycles. The molecule has 3 heterocycles. The number of anilines is 1. The Labute approximate surface area is 138 Å². The summed E-state index contributed by atoms with van der Waals surface area (Å²) in [6.07, 6.45) is 2.98. The lowest BCUT2D eigenvalue weighted by Gasteiger charge is -2.07. The summed E-state index contributed by atoms with van der Waals surface area (Å²) < 4.78 is 15.5. The average Bonchev–Trinajstić information content (AvgIpc) is 3.24. The maximum absolute atomic E-state index is 11.9. The van der Waals surface area contributed by atoms with Crippen molar-refractivity contribution in [1.82, 2.24) is 15.1 Å². The molecule has 3 rings (SSSR count). The Hall–Kier alpha value is -2.90. The number of aromatic nitrogens is 3. The largest absolute Gasteiger partial charge is 0.469 e. The fraction of sp³-hybridized carbons (Fsp3) is 0.375. The van der Waals surface area contributed by atoms with Gasteiger partial charge in [0.25, 0.3) is 5.71 Å². The van der Waals surface area contributed by atoms with Crippen LogP contribution in [0.5, 0.6) is 0 Å². The van der Waals surface area contributed by atoms with Crippen LogP contribution in [0.3, 0.4) is 0 Å². The number of hydrogen-bond acceptors (Lipinski definition) is 8. The number of fused-ring (bicyclic) bond motifs is 1. The third-order valence-corrected chi connectivity index (χ3v) is 3.44. The minimum atomic E-state index is -0.595. The van der Waals surface area contributed by atoms with Crippen molar-refractivity contribution in [2.24, 2.45) is 0 Å². The summed E-state index contributed by atoms with van der Waals surface area (Å²) in [6.45, 7) is 4.51. The highest BCUT2D eigenvalue weighted by molar-refractivity contribution is 5.93. The van der Waals surface area contributed by atoms with Gasteiger partial charge in [0.15, 0.2) is 0 Å². The normalized spacial score (nSPS) is 10.9. The summed E-state index contributed by atoms with van der Waals surface area (Å²) in [5.74, 6) is 0.721. The summed E-state index contributed by atoms with van der Waals surface area (Å²) in [4.78, 5) is 20.3. The van der Waals surface area contributed by atoms with Crippen LogP contribution in [0.15, 0.2) is 27.3 Å². The molecule has 0 saturated heterocycles. The Morgan fingerprint density at radius 3 is 2.92 bits per heavy atom. The molecule has 0 aromatic carbocycles. The zero-order valence-corrected chi connectivity index (χ0v) is 13.5. The Morgan fingerprint density at radius 2 is 2.21 bits per heavy atom. The molecule has 0 spiro atoms. The van der Waals surface area contributed by atoms with Crippen molar-refractivity contribution in [3.05, 3.63) is 35.7 Å². The lowest BCUT2D eigenvalue weighted by atomic mass is 10.2. The number of nitrogens with one attached hydrogen (secondary N) is 1. The lowest BCUT2D eigenvalue weighted by Crippen LogP contribution is -2.13. The number of esters is 1. The second kappa shape index (κ2) is 7.12. The van der Waals surface area contributed by atoms with Crippen LogP contribution in [0.2, 0.25) is 0 Å². The van der Waals surface area contributed by atoms with E-state index >= 15 is 0 Å². The van der Waals surface area contributed by atoms with E-state index in [0.29, 0.717) is 30.6 Å². The molecule has 0 atom stereocenters. The Morgan fingerprint density at radius 1 is 1.33 bits per heavy atom. The molecule has 0 aliphatic heterocycles. The van der Waals surface area contributed by atoms with E-state index in [1.807, 2.05) is 19.1 Å². The molecule has 24 heavy (non-hydrogen) atoms. The monoisotopic (exact) mass is 330 g/mol. The molecule has 0 radical (unpaired) electrons. The third-order valence-electron chi connectivity index (χ3n) is 3.44. The fourth-order valence-corrected chi connectivity index (χ4v) is 2.33. The van der Waals surface area contributed by atoms with Crippen molar-refractivity contribution >= 4 is 22.9 Å². The predicted molar refractivity (Wildman–Crippen MR) is 85.8 cm³/mol. The van der Waals surface area contributed by atoms with E-state index in [1.54, 1.807) is 13.2 Å². The summed E-state index contributed by atoms with van der Waals surface area (Å²) >= 11 is 0. The highest BCUT2D eigenvalue weighted by atomic mass is 16.5. The zero-order chi connectivity index (χ0) is 16.9. The number of carbonyl (C=O) groups excluding carboxylic acids is 1. The van der Waals surface area contributed by atoms with Crippen molar-refractivity contribution < 1.29 is 18.5 Å². The summed E-state index contributed by atoms with van der Waals surface area (Å²) in [5.41, 5.74) is 1.01. The van der Waals surface area contributed by atoms with Gasteiger partial charge in [-0.05, 0) is 25.5 Å². The van der Waals surface area contributed by atoms with Crippen molar-refractivity contribution in [3.63, 3.8) is 0 Å². The van der Waals surface area contributed by atoms with Crippen LogP contribution in [-0.4, -0.2) is 34.2 Å². The average molecular weight is 330 g/mol. The number of ether oxygens (including phenoxy) is 1. The van der Waals surface area contributed by atoms with Gasteiger partial charge in [0, 0.05) is 13.0 Å². The van der Waals surface area contributed by atoms with Gasteiger partial charge in [-0.25, -0.2) is 9.78 Å². The molecule has 0 aliphatic rings. The van der Waals surface area contributed by atoms with Crippen LogP contribution in [0.1, 0.15) is 35.9 Å². The SMILES string of the molecule is CCOC(=O)c1nc(NCCc2ccco2)c2c(CC)noc2n1. The first kappa shape index (κ1) is 16.0. The maximum atomic E-state index is 11.9.